The first kappa shape index (κ1) is 66.5. The number of esters is 1. The summed E-state index contributed by atoms with van der Waals surface area (Å²) >= 11 is 0. The second-order valence-electron chi connectivity index (χ2n) is 23.6. The van der Waals surface area contributed by atoms with Crippen LogP contribution in [0.4, 0.5) is 0 Å². The number of rotatable bonds is 16. The summed E-state index contributed by atoms with van der Waals surface area (Å²) in [5.74, 6) is -7.70. The predicted molar refractivity (Wildman–Crippen MR) is 302 cm³/mol. The highest BCUT2D eigenvalue weighted by molar-refractivity contribution is 6.39. The average Bonchev–Trinajstić information content (AvgIpc) is 3.92. The number of cyclic esters (lactones) is 1. The summed E-state index contributed by atoms with van der Waals surface area (Å²) in [6.45, 7) is 15.0. The molecule has 4 N–H and O–H groups in total. The highest BCUT2D eigenvalue weighted by Crippen LogP contribution is 2.39. The molecule has 1 amide bonds. The van der Waals surface area contributed by atoms with Crippen LogP contribution in [0, 0.1) is 41.4 Å². The summed E-state index contributed by atoms with van der Waals surface area (Å²) in [6.07, 6.45) is 16.2. The molecule has 19 nitrogen and oxygen atoms in total. The number of aryl methyl sites for hydroxylation is 1. The van der Waals surface area contributed by atoms with Gasteiger partial charge in [-0.05, 0) is 126 Å². The minimum absolute atomic E-state index is 0.00635. The van der Waals surface area contributed by atoms with Crippen LogP contribution in [0.25, 0.3) is 0 Å². The number of fused-ring (bicyclic) bond motifs is 3. The number of carbonyl (C=O) groups is 5. The Hall–Kier alpha value is -4.31. The Bertz CT molecular complexity index is 2280. The third-order valence-corrected chi connectivity index (χ3v) is 17.5. The average molecular weight is 1120 g/mol. The number of hydrogen-bond donors (Lipinski definition) is 4. The zero-order valence-electron chi connectivity index (χ0n) is 49.6. The van der Waals surface area contributed by atoms with Gasteiger partial charge in [0.25, 0.3) is 11.7 Å². The summed E-state index contributed by atoms with van der Waals surface area (Å²) in [4.78, 5) is 74.9. The number of Topliss-reactive ketones (excluding diaryl/α,β-unsaturated/α-hetero) is 3. The molecule has 0 spiro atoms. The molecule has 450 valence electrons. The number of nitrogens with zero attached hydrogens (tertiary/aromatic N) is 5. The van der Waals surface area contributed by atoms with Gasteiger partial charge in [0.2, 0.25) is 5.79 Å². The molecule has 4 aliphatic rings. The molecule has 0 radical (unpaired) electrons. The number of allylic oxidation sites excluding steroid dienone is 6. The van der Waals surface area contributed by atoms with Crippen molar-refractivity contribution in [2.75, 3.05) is 60.7 Å². The maximum absolute atomic E-state index is 14.7. The van der Waals surface area contributed by atoms with Crippen LogP contribution < -0.4 is 0 Å². The molecule has 1 aromatic heterocycles. The molecule has 19 heteroatoms. The number of methoxy groups -OCH3 is 3. The van der Waals surface area contributed by atoms with Gasteiger partial charge >= 0.3 is 5.97 Å². The Morgan fingerprint density at radius 3 is 2.29 bits per heavy atom. The minimum atomic E-state index is -2.44. The number of aromatic nitrogens is 3. The number of piperidine rings is 1. The first-order valence-electron chi connectivity index (χ1n) is 29.5. The highest BCUT2D eigenvalue weighted by atomic mass is 16.6. The summed E-state index contributed by atoms with van der Waals surface area (Å²) < 4.78 is 32.0. The molecular weight excluding hydrogens is 1030 g/mol. The monoisotopic (exact) mass is 1120 g/mol. The standard InChI is InChI=1S/C61H97N5O14/c1-39-16-12-11-13-17-40(2)52(76-8)36-49-24-19-45(7)61(75,80-49)58(72)59(73)66-25-15-14-18-50(66)60(74)79-53(37-51(69)41(3)33-44(6)56(71)57(78-10)55(70)43(5)32-39)42(4)34-46-20-21-47(54(35-46)77-9)22-23-48-38-65(63-62-48)27-26-64(28-30-67)29-31-68/h11-13,16-17,33,38-39,41-43,45-47,49-50,52-54,56-57,67-68,71,75H,14-15,18-32,34-37H2,1-10H3/b13-11+,16-12+,40-17+,44-33+/t39-,41-,42-,43-,45-,46+,47+,49+,50+,52+,53+,54-,56-,57+,61-/m1/s1. The Morgan fingerprint density at radius 1 is 0.863 bits per heavy atom. The lowest BCUT2D eigenvalue weighted by Gasteiger charge is -2.42. The van der Waals surface area contributed by atoms with Crippen LogP contribution in [0.5, 0.6) is 0 Å². The number of amides is 1. The highest BCUT2D eigenvalue weighted by Gasteiger charge is 2.53. The number of aliphatic hydroxyl groups excluding tert-OH is 3. The van der Waals surface area contributed by atoms with Gasteiger partial charge < -0.3 is 49.0 Å². The number of carbonyl (C=O) groups excluding carboxylic acids is 5. The topological polar surface area (TPSA) is 250 Å². The molecule has 3 aliphatic heterocycles. The van der Waals surface area contributed by atoms with Crippen LogP contribution in [-0.2, 0) is 60.6 Å². The zero-order chi connectivity index (χ0) is 58.7. The van der Waals surface area contributed by atoms with Crippen LogP contribution in [0.2, 0.25) is 0 Å². The number of ketones is 3. The summed E-state index contributed by atoms with van der Waals surface area (Å²) in [7, 11) is 4.69. The molecule has 1 aliphatic carbocycles. The largest absolute Gasteiger partial charge is 0.460 e. The van der Waals surface area contributed by atoms with Gasteiger partial charge in [-0.2, -0.15) is 0 Å². The number of hydrogen-bond acceptors (Lipinski definition) is 17. The quantitative estimate of drug-likeness (QED) is 0.0849. The van der Waals surface area contributed by atoms with E-state index >= 15 is 0 Å². The van der Waals surface area contributed by atoms with Crippen molar-refractivity contribution in [3.05, 3.63) is 59.5 Å². The zero-order valence-corrected chi connectivity index (χ0v) is 49.6. The molecule has 0 aromatic carbocycles. The summed E-state index contributed by atoms with van der Waals surface area (Å²) in [5.41, 5.74) is 2.14. The Labute approximate surface area is 475 Å². The first-order valence-corrected chi connectivity index (χ1v) is 29.5. The van der Waals surface area contributed by atoms with E-state index in [0.29, 0.717) is 83.1 Å². The smallest absolute Gasteiger partial charge is 0.329 e. The fraction of sp³-hybridized carbons (Fsp3) is 0.754. The molecule has 80 heavy (non-hydrogen) atoms. The molecule has 2 bridgehead atoms. The van der Waals surface area contributed by atoms with Gasteiger partial charge in [0.1, 0.15) is 30.1 Å². The van der Waals surface area contributed by atoms with Gasteiger partial charge in [0.15, 0.2) is 5.78 Å². The van der Waals surface area contributed by atoms with E-state index in [-0.39, 0.29) is 73.9 Å². The fourth-order valence-corrected chi connectivity index (χ4v) is 12.3. The van der Waals surface area contributed by atoms with Crippen LogP contribution in [0.15, 0.2) is 53.8 Å². The maximum atomic E-state index is 14.7. The van der Waals surface area contributed by atoms with Crippen LogP contribution in [-0.4, -0.2) is 184 Å². The number of aliphatic hydroxyl groups is 4. The predicted octanol–water partition coefficient (Wildman–Crippen LogP) is 5.95. The van der Waals surface area contributed by atoms with Crippen molar-refractivity contribution in [2.45, 2.75) is 193 Å². The van der Waals surface area contributed by atoms with Gasteiger partial charge in [-0.25, -0.2) is 4.79 Å². The summed E-state index contributed by atoms with van der Waals surface area (Å²) in [5, 5.41) is 51.1. The Morgan fingerprint density at radius 2 is 1.60 bits per heavy atom. The Kier molecular flexibility index (Phi) is 27.0. The normalized spacial score (nSPS) is 35.2. The van der Waals surface area contributed by atoms with Crippen molar-refractivity contribution in [3.63, 3.8) is 0 Å². The molecule has 3 fully saturated rings. The van der Waals surface area contributed by atoms with Crippen molar-refractivity contribution in [3.8, 4) is 0 Å². The lowest BCUT2D eigenvalue weighted by Crippen LogP contribution is -2.61. The van der Waals surface area contributed by atoms with E-state index in [4.69, 9.17) is 23.7 Å². The van der Waals surface area contributed by atoms with Crippen LogP contribution in [0.1, 0.15) is 138 Å². The van der Waals surface area contributed by atoms with Crippen molar-refractivity contribution >= 4 is 29.2 Å². The third-order valence-electron chi connectivity index (χ3n) is 17.5. The van der Waals surface area contributed by atoms with Crippen molar-refractivity contribution in [1.82, 2.24) is 24.8 Å². The van der Waals surface area contributed by atoms with E-state index in [1.54, 1.807) is 45.7 Å². The molecule has 2 saturated heterocycles. The second-order valence-corrected chi connectivity index (χ2v) is 23.6. The lowest BCUT2D eigenvalue weighted by atomic mass is 9.74. The van der Waals surface area contributed by atoms with Gasteiger partial charge in [0, 0.05) is 84.3 Å². The van der Waals surface area contributed by atoms with Crippen molar-refractivity contribution in [1.29, 1.82) is 0 Å². The molecule has 5 rings (SSSR count). The lowest BCUT2D eigenvalue weighted by molar-refractivity contribution is -0.265. The van der Waals surface area contributed by atoms with Crippen LogP contribution in [0.3, 0.4) is 0 Å². The van der Waals surface area contributed by atoms with Gasteiger partial charge in [-0.15, -0.1) is 5.10 Å². The van der Waals surface area contributed by atoms with E-state index < -0.39 is 77.8 Å². The molecule has 15 atom stereocenters. The second kappa shape index (κ2) is 32.5. The SMILES string of the molecule is CO[C@H]1C[C@@H]2CC[C@@H](C)[C@@](O)(O2)C(=O)C(=O)N2CCCC[C@H]2C(=O)O[C@H]([C@H](C)C[C@@H]2CC[C@@H](CCc3cn(CCN(CCO)CCO)nn3)[C@H](OC)C2)CC(=O)[C@H](C)/C=C(\C)[C@@H](O)[C@@H](OC)C(=O)[C@H](C)C[C@H](C)/C=C/C=C/C=C/1C. The van der Waals surface area contributed by atoms with Crippen molar-refractivity contribution in [2.24, 2.45) is 41.4 Å². The van der Waals surface area contributed by atoms with Gasteiger partial charge in [-0.3, -0.25) is 28.8 Å². The summed E-state index contributed by atoms with van der Waals surface area (Å²) in [6, 6.07) is -1.15. The van der Waals surface area contributed by atoms with E-state index in [0.717, 1.165) is 37.0 Å². The van der Waals surface area contributed by atoms with E-state index in [1.807, 2.05) is 69.2 Å². The van der Waals surface area contributed by atoms with E-state index in [1.165, 1.54) is 12.0 Å². The molecule has 0 unspecified atom stereocenters. The minimum Gasteiger partial charge on any atom is -0.460 e. The van der Waals surface area contributed by atoms with Gasteiger partial charge in [-0.1, -0.05) is 76.3 Å². The van der Waals surface area contributed by atoms with Gasteiger partial charge in [0.05, 0.1) is 43.8 Å². The Balaban J connectivity index is 1.39. The van der Waals surface area contributed by atoms with E-state index in [2.05, 4.69) is 10.3 Å². The first-order chi connectivity index (χ1) is 38.2. The van der Waals surface area contributed by atoms with Crippen LogP contribution >= 0.6 is 0 Å². The molecule has 1 saturated carbocycles. The van der Waals surface area contributed by atoms with Crippen molar-refractivity contribution < 1.29 is 68.1 Å². The maximum Gasteiger partial charge on any atom is 0.329 e. The third kappa shape index (κ3) is 18.6. The molecule has 4 heterocycles. The fourth-order valence-electron chi connectivity index (χ4n) is 12.3. The molecule has 1 aromatic rings. The molecular formula is C61H97N5O14. The van der Waals surface area contributed by atoms with E-state index in [9.17, 15) is 44.4 Å². The number of ether oxygens (including phenoxy) is 5.